The van der Waals surface area contributed by atoms with Crippen LogP contribution in [-0.2, 0) is 4.79 Å². The molecule has 0 aliphatic heterocycles. The molecule has 1 N–H and O–H groups in total. The maximum absolute atomic E-state index is 13.3. The average molecular weight is 446 g/mol. The van der Waals surface area contributed by atoms with Gasteiger partial charge in [0, 0.05) is 18.2 Å². The van der Waals surface area contributed by atoms with E-state index >= 15 is 0 Å². The van der Waals surface area contributed by atoms with Crippen LogP contribution in [0.2, 0.25) is 0 Å². The third-order valence-electron chi connectivity index (χ3n) is 5.83. The number of rotatable bonds is 7. The van der Waals surface area contributed by atoms with Gasteiger partial charge >= 0.3 is 5.97 Å². The Morgan fingerprint density at radius 3 is 2.44 bits per heavy atom. The Hall–Kier alpha value is -3.03. The number of alkyl halides is 2. The van der Waals surface area contributed by atoms with E-state index in [9.17, 15) is 23.5 Å². The van der Waals surface area contributed by atoms with Crippen molar-refractivity contribution in [1.82, 2.24) is 4.98 Å². The number of carboxylic acids is 1. The SMILES string of the molecule is CC(C)N(c1ccc(Oc2ncccc2C(F)F)cc1C(=O)O)C(=O)[C@H]1CC[C@H](C)CC1. The minimum Gasteiger partial charge on any atom is -0.478 e. The van der Waals surface area contributed by atoms with Crippen LogP contribution < -0.4 is 9.64 Å². The molecule has 32 heavy (non-hydrogen) atoms. The number of carbonyl (C=O) groups excluding carboxylic acids is 1. The fourth-order valence-electron chi connectivity index (χ4n) is 4.08. The summed E-state index contributed by atoms with van der Waals surface area (Å²) in [7, 11) is 0. The Morgan fingerprint density at radius 1 is 1.16 bits per heavy atom. The first-order valence-corrected chi connectivity index (χ1v) is 10.8. The number of hydrogen-bond donors (Lipinski definition) is 1. The predicted molar refractivity (Wildman–Crippen MR) is 116 cm³/mol. The minimum absolute atomic E-state index is 0.0504. The highest BCUT2D eigenvalue weighted by Gasteiger charge is 2.32. The van der Waals surface area contributed by atoms with Crippen molar-refractivity contribution in [2.24, 2.45) is 11.8 Å². The Balaban J connectivity index is 1.94. The number of pyridine rings is 1. The molecule has 1 amide bonds. The van der Waals surface area contributed by atoms with Crippen molar-refractivity contribution in [2.45, 2.75) is 58.9 Å². The lowest BCUT2D eigenvalue weighted by atomic mass is 9.82. The topological polar surface area (TPSA) is 79.7 Å². The van der Waals surface area contributed by atoms with E-state index in [1.165, 1.54) is 41.4 Å². The van der Waals surface area contributed by atoms with Gasteiger partial charge in [0.2, 0.25) is 11.8 Å². The van der Waals surface area contributed by atoms with Crippen LogP contribution in [0.5, 0.6) is 11.6 Å². The number of carbonyl (C=O) groups is 2. The molecule has 1 aliphatic carbocycles. The summed E-state index contributed by atoms with van der Waals surface area (Å²) in [4.78, 5) is 30.7. The quantitative estimate of drug-likeness (QED) is 0.558. The number of aromatic carboxylic acids is 1. The second-order valence-electron chi connectivity index (χ2n) is 8.54. The van der Waals surface area contributed by atoms with Gasteiger partial charge in [-0.25, -0.2) is 18.6 Å². The maximum Gasteiger partial charge on any atom is 0.337 e. The molecule has 0 spiro atoms. The van der Waals surface area contributed by atoms with Gasteiger partial charge in [-0.2, -0.15) is 0 Å². The number of carboxylic acid groups (broad SMARTS) is 1. The first-order valence-electron chi connectivity index (χ1n) is 10.8. The first kappa shape index (κ1) is 23.6. The number of nitrogens with zero attached hydrogens (tertiary/aromatic N) is 2. The third-order valence-corrected chi connectivity index (χ3v) is 5.83. The van der Waals surface area contributed by atoms with Gasteiger partial charge in [-0.1, -0.05) is 6.92 Å². The molecule has 3 rings (SSSR count). The first-order chi connectivity index (χ1) is 15.2. The zero-order valence-corrected chi connectivity index (χ0v) is 18.4. The molecule has 1 fully saturated rings. The molecule has 0 unspecified atom stereocenters. The van der Waals surface area contributed by atoms with E-state index < -0.39 is 12.4 Å². The van der Waals surface area contributed by atoms with Gasteiger partial charge in [0.25, 0.3) is 6.43 Å². The number of halogens is 2. The van der Waals surface area contributed by atoms with E-state index in [-0.39, 0.29) is 46.3 Å². The van der Waals surface area contributed by atoms with E-state index in [1.807, 2.05) is 13.8 Å². The number of benzene rings is 1. The highest BCUT2D eigenvalue weighted by Crippen LogP contribution is 2.36. The van der Waals surface area contributed by atoms with E-state index in [1.54, 1.807) is 0 Å². The molecule has 2 aromatic rings. The molecule has 1 aromatic heterocycles. The second kappa shape index (κ2) is 10.1. The van der Waals surface area contributed by atoms with Crippen molar-refractivity contribution in [3.8, 4) is 11.6 Å². The molecule has 1 aliphatic rings. The largest absolute Gasteiger partial charge is 0.478 e. The summed E-state index contributed by atoms with van der Waals surface area (Å²) in [6.45, 7) is 5.84. The van der Waals surface area contributed by atoms with Gasteiger partial charge in [0.05, 0.1) is 16.8 Å². The summed E-state index contributed by atoms with van der Waals surface area (Å²) in [6.07, 6.45) is 2.03. The lowest BCUT2D eigenvalue weighted by Crippen LogP contribution is -2.42. The predicted octanol–water partition coefficient (Wildman–Crippen LogP) is 6.08. The molecule has 172 valence electrons. The number of ether oxygens (including phenoxy) is 1. The fraction of sp³-hybridized carbons (Fsp3) is 0.458. The Morgan fingerprint density at radius 2 is 1.84 bits per heavy atom. The standard InChI is InChI=1S/C24H28F2N2O4/c1-14(2)28(23(29)16-8-6-15(3)7-9-16)20-11-10-17(13-19(20)24(30)31)32-22-18(21(25)26)5-4-12-27-22/h4-5,10-16,21H,6-9H2,1-3H3,(H,30,31)/t15-,16-. The van der Waals surface area contributed by atoms with Crippen LogP contribution in [0.1, 0.15) is 68.8 Å². The van der Waals surface area contributed by atoms with Crippen molar-refractivity contribution >= 4 is 17.6 Å². The lowest BCUT2D eigenvalue weighted by molar-refractivity contribution is -0.123. The smallest absolute Gasteiger partial charge is 0.337 e. The summed E-state index contributed by atoms with van der Waals surface area (Å²) in [5.74, 6) is -1.13. The molecule has 0 radical (unpaired) electrons. The average Bonchev–Trinajstić information content (AvgIpc) is 2.75. The molecule has 8 heteroatoms. The number of amides is 1. The molecular weight excluding hydrogens is 418 g/mol. The van der Waals surface area contributed by atoms with Crippen LogP contribution in [0.15, 0.2) is 36.5 Å². The van der Waals surface area contributed by atoms with Crippen molar-refractivity contribution in [3.05, 3.63) is 47.7 Å². The van der Waals surface area contributed by atoms with Gasteiger partial charge in [-0.3, -0.25) is 4.79 Å². The van der Waals surface area contributed by atoms with Crippen LogP contribution in [-0.4, -0.2) is 28.0 Å². The van der Waals surface area contributed by atoms with Crippen molar-refractivity contribution in [1.29, 1.82) is 0 Å². The monoisotopic (exact) mass is 446 g/mol. The second-order valence-corrected chi connectivity index (χ2v) is 8.54. The molecule has 6 nitrogen and oxygen atoms in total. The van der Waals surface area contributed by atoms with Crippen LogP contribution in [0.3, 0.4) is 0 Å². The molecule has 1 aromatic carbocycles. The number of anilines is 1. The van der Waals surface area contributed by atoms with E-state index in [0.29, 0.717) is 5.92 Å². The summed E-state index contributed by atoms with van der Waals surface area (Å²) < 4.78 is 31.9. The molecule has 0 bridgehead atoms. The molecular formula is C24H28F2N2O4. The number of hydrogen-bond acceptors (Lipinski definition) is 4. The molecule has 1 heterocycles. The van der Waals surface area contributed by atoms with Gasteiger partial charge in [-0.05, 0) is 75.8 Å². The highest BCUT2D eigenvalue weighted by atomic mass is 19.3. The zero-order chi connectivity index (χ0) is 23.4. The minimum atomic E-state index is -2.79. The van der Waals surface area contributed by atoms with Gasteiger partial charge in [-0.15, -0.1) is 0 Å². The third kappa shape index (κ3) is 5.23. The zero-order valence-electron chi connectivity index (χ0n) is 18.4. The molecule has 0 saturated heterocycles. The summed E-state index contributed by atoms with van der Waals surface area (Å²) in [5.41, 5.74) is -0.263. The summed E-state index contributed by atoms with van der Waals surface area (Å²) in [6, 6.07) is 6.52. The van der Waals surface area contributed by atoms with Crippen LogP contribution in [0.4, 0.5) is 14.5 Å². The highest BCUT2D eigenvalue weighted by molar-refractivity contribution is 6.03. The van der Waals surface area contributed by atoms with Gasteiger partial charge in [0.1, 0.15) is 5.75 Å². The fourth-order valence-corrected chi connectivity index (χ4v) is 4.08. The Labute approximate surface area is 186 Å². The van der Waals surface area contributed by atoms with Gasteiger partial charge < -0.3 is 14.7 Å². The van der Waals surface area contributed by atoms with Crippen LogP contribution in [0.25, 0.3) is 0 Å². The Kier molecular flexibility index (Phi) is 7.43. The summed E-state index contributed by atoms with van der Waals surface area (Å²) >= 11 is 0. The van der Waals surface area contributed by atoms with Crippen molar-refractivity contribution in [3.63, 3.8) is 0 Å². The normalized spacial score (nSPS) is 18.6. The van der Waals surface area contributed by atoms with E-state index in [0.717, 1.165) is 25.7 Å². The number of aromatic nitrogens is 1. The van der Waals surface area contributed by atoms with E-state index in [2.05, 4.69) is 11.9 Å². The lowest BCUT2D eigenvalue weighted by Gasteiger charge is -2.34. The van der Waals surface area contributed by atoms with Crippen molar-refractivity contribution in [2.75, 3.05) is 4.90 Å². The van der Waals surface area contributed by atoms with Crippen LogP contribution in [0, 0.1) is 11.8 Å². The summed E-state index contributed by atoms with van der Waals surface area (Å²) in [5, 5.41) is 9.83. The molecule has 0 atom stereocenters. The maximum atomic E-state index is 13.3. The molecule has 1 saturated carbocycles. The Bertz CT molecular complexity index is 972. The van der Waals surface area contributed by atoms with Crippen LogP contribution >= 0.6 is 0 Å². The van der Waals surface area contributed by atoms with Gasteiger partial charge in [0.15, 0.2) is 0 Å². The van der Waals surface area contributed by atoms with Crippen molar-refractivity contribution < 1.29 is 28.2 Å². The van der Waals surface area contributed by atoms with E-state index in [4.69, 9.17) is 4.74 Å².